The first-order valence-corrected chi connectivity index (χ1v) is 5.75. The number of hydrogen-bond donors (Lipinski definition) is 2. The van der Waals surface area contributed by atoms with Crippen molar-refractivity contribution in [1.82, 2.24) is 0 Å². The molecule has 0 radical (unpaired) electrons. The molecular weight excluding hydrogens is 218 g/mol. The minimum Gasteiger partial charge on any atom is -0.506 e. The lowest BCUT2D eigenvalue weighted by molar-refractivity contribution is -0.129. The average Bonchev–Trinajstić information content (AvgIpc) is 2.29. The SMILES string of the molecule is CC.Cc1ccc(O)c2c1OC(C)(C)C(=O)N2. The maximum Gasteiger partial charge on any atom is 0.268 e. The van der Waals surface area contributed by atoms with Gasteiger partial charge in [0.25, 0.3) is 5.91 Å². The summed E-state index contributed by atoms with van der Waals surface area (Å²) in [4.78, 5) is 11.6. The quantitative estimate of drug-likeness (QED) is 0.682. The molecule has 1 aromatic carbocycles. The summed E-state index contributed by atoms with van der Waals surface area (Å²) in [6, 6.07) is 3.29. The van der Waals surface area contributed by atoms with Crippen LogP contribution in [0.15, 0.2) is 12.1 Å². The van der Waals surface area contributed by atoms with Crippen molar-refractivity contribution in [2.75, 3.05) is 5.32 Å². The summed E-state index contributed by atoms with van der Waals surface area (Å²) in [6.07, 6.45) is 0. The Balaban J connectivity index is 0.000000686. The molecule has 0 saturated heterocycles. The fraction of sp³-hybridized carbons (Fsp3) is 0.462. The molecule has 0 fully saturated rings. The third kappa shape index (κ3) is 2.35. The second kappa shape index (κ2) is 4.65. The van der Waals surface area contributed by atoms with Gasteiger partial charge < -0.3 is 15.2 Å². The molecule has 94 valence electrons. The van der Waals surface area contributed by atoms with E-state index < -0.39 is 5.60 Å². The zero-order valence-corrected chi connectivity index (χ0v) is 10.9. The van der Waals surface area contributed by atoms with Crippen LogP contribution in [0.4, 0.5) is 5.69 Å². The lowest BCUT2D eigenvalue weighted by Crippen LogP contribution is -2.45. The highest BCUT2D eigenvalue weighted by Gasteiger charge is 2.37. The van der Waals surface area contributed by atoms with Crippen LogP contribution in [-0.2, 0) is 4.79 Å². The third-order valence-electron chi connectivity index (χ3n) is 2.48. The molecule has 1 aliphatic rings. The van der Waals surface area contributed by atoms with Gasteiger partial charge in [-0.15, -0.1) is 0 Å². The van der Waals surface area contributed by atoms with Crippen LogP contribution in [0.25, 0.3) is 0 Å². The van der Waals surface area contributed by atoms with Gasteiger partial charge >= 0.3 is 0 Å². The highest BCUT2D eigenvalue weighted by Crippen LogP contribution is 2.41. The van der Waals surface area contributed by atoms with Gasteiger partial charge in [-0.2, -0.15) is 0 Å². The number of aromatic hydroxyl groups is 1. The van der Waals surface area contributed by atoms with E-state index >= 15 is 0 Å². The molecule has 0 aromatic heterocycles. The van der Waals surface area contributed by atoms with Gasteiger partial charge in [0.05, 0.1) is 0 Å². The van der Waals surface area contributed by atoms with Crippen LogP contribution in [0.1, 0.15) is 33.3 Å². The summed E-state index contributed by atoms with van der Waals surface area (Å²) >= 11 is 0. The molecular formula is C13H19NO3. The second-order valence-corrected chi connectivity index (χ2v) is 4.17. The monoisotopic (exact) mass is 237 g/mol. The van der Waals surface area contributed by atoms with Gasteiger partial charge in [-0.25, -0.2) is 0 Å². The Hall–Kier alpha value is -1.71. The number of benzene rings is 1. The number of phenolic OH excluding ortho intramolecular Hbond substituents is 1. The van der Waals surface area contributed by atoms with Crippen LogP contribution >= 0.6 is 0 Å². The predicted octanol–water partition coefficient (Wildman–Crippen LogP) is 2.84. The minimum absolute atomic E-state index is 0.0273. The lowest BCUT2D eigenvalue weighted by Gasteiger charge is -2.32. The minimum atomic E-state index is -0.897. The standard InChI is InChI=1S/C11H13NO3.C2H6/c1-6-4-5-7(13)8-9(6)15-11(2,3)10(14)12-8;1-2/h4-5,13H,1-3H3,(H,12,14);1-2H3. The number of carbonyl (C=O) groups excluding carboxylic acids is 1. The van der Waals surface area contributed by atoms with Gasteiger partial charge in [-0.05, 0) is 32.4 Å². The van der Waals surface area contributed by atoms with Crippen molar-refractivity contribution < 1.29 is 14.6 Å². The van der Waals surface area contributed by atoms with Gasteiger partial charge in [0.2, 0.25) is 0 Å². The van der Waals surface area contributed by atoms with Crippen LogP contribution in [0, 0.1) is 6.92 Å². The topological polar surface area (TPSA) is 58.6 Å². The number of hydrogen-bond acceptors (Lipinski definition) is 3. The molecule has 4 heteroatoms. The molecule has 0 spiro atoms. The van der Waals surface area contributed by atoms with E-state index in [9.17, 15) is 9.90 Å². The number of phenols is 1. The summed E-state index contributed by atoms with van der Waals surface area (Å²) in [6.45, 7) is 9.25. The van der Waals surface area contributed by atoms with Crippen molar-refractivity contribution in [3.05, 3.63) is 17.7 Å². The number of amides is 1. The molecule has 1 aromatic rings. The predicted molar refractivity (Wildman–Crippen MR) is 67.5 cm³/mol. The smallest absolute Gasteiger partial charge is 0.268 e. The number of carbonyl (C=O) groups is 1. The molecule has 0 saturated carbocycles. The summed E-state index contributed by atoms with van der Waals surface area (Å²) in [5.41, 5.74) is 0.348. The van der Waals surface area contributed by atoms with Crippen LogP contribution < -0.4 is 10.1 Å². The van der Waals surface area contributed by atoms with Crippen molar-refractivity contribution in [2.45, 2.75) is 40.2 Å². The Kier molecular flexibility index (Phi) is 3.66. The number of ether oxygens (including phenoxy) is 1. The van der Waals surface area contributed by atoms with E-state index in [1.54, 1.807) is 19.9 Å². The first-order valence-electron chi connectivity index (χ1n) is 5.75. The van der Waals surface area contributed by atoms with Gasteiger partial charge in [0.1, 0.15) is 11.4 Å². The fourth-order valence-corrected chi connectivity index (χ4v) is 1.49. The lowest BCUT2D eigenvalue weighted by atomic mass is 10.0. The van der Waals surface area contributed by atoms with Gasteiger partial charge in [0, 0.05) is 0 Å². The molecule has 1 aliphatic heterocycles. The molecule has 4 nitrogen and oxygen atoms in total. The highest BCUT2D eigenvalue weighted by atomic mass is 16.5. The molecule has 1 amide bonds. The zero-order chi connectivity index (χ0) is 13.2. The van der Waals surface area contributed by atoms with Crippen molar-refractivity contribution in [3.8, 4) is 11.5 Å². The Morgan fingerprint density at radius 1 is 1.29 bits per heavy atom. The van der Waals surface area contributed by atoms with Crippen molar-refractivity contribution in [2.24, 2.45) is 0 Å². The van der Waals surface area contributed by atoms with Gasteiger partial charge in [-0.3, -0.25) is 4.79 Å². The largest absolute Gasteiger partial charge is 0.506 e. The molecule has 2 N–H and O–H groups in total. The van der Waals surface area contributed by atoms with Crippen molar-refractivity contribution >= 4 is 11.6 Å². The first kappa shape index (κ1) is 13.4. The fourth-order valence-electron chi connectivity index (χ4n) is 1.49. The molecule has 0 unspecified atom stereocenters. The van der Waals surface area contributed by atoms with Crippen LogP contribution in [0.5, 0.6) is 11.5 Å². The van der Waals surface area contributed by atoms with Gasteiger partial charge in [0.15, 0.2) is 11.4 Å². The number of anilines is 1. The van der Waals surface area contributed by atoms with Crippen LogP contribution in [0.2, 0.25) is 0 Å². The molecule has 0 atom stereocenters. The average molecular weight is 237 g/mol. The van der Waals surface area contributed by atoms with Crippen molar-refractivity contribution in [3.63, 3.8) is 0 Å². The highest BCUT2D eigenvalue weighted by molar-refractivity contribution is 6.01. The maximum atomic E-state index is 11.6. The van der Waals surface area contributed by atoms with E-state index in [2.05, 4.69) is 5.32 Å². The van der Waals surface area contributed by atoms with Crippen LogP contribution in [-0.4, -0.2) is 16.6 Å². The molecule has 2 rings (SSSR count). The maximum absolute atomic E-state index is 11.6. The molecule has 0 aliphatic carbocycles. The Morgan fingerprint density at radius 3 is 2.47 bits per heavy atom. The second-order valence-electron chi connectivity index (χ2n) is 4.17. The number of nitrogens with one attached hydrogen (secondary N) is 1. The Morgan fingerprint density at radius 2 is 1.88 bits per heavy atom. The first-order chi connectivity index (χ1) is 7.92. The normalized spacial score (nSPS) is 15.9. The molecule has 0 bridgehead atoms. The summed E-state index contributed by atoms with van der Waals surface area (Å²) in [5.74, 6) is 0.315. The number of rotatable bonds is 0. The Labute approximate surface area is 102 Å². The van der Waals surface area contributed by atoms with Crippen LogP contribution in [0.3, 0.4) is 0 Å². The number of aryl methyl sites for hydroxylation is 1. The summed E-state index contributed by atoms with van der Waals surface area (Å²) in [7, 11) is 0. The summed E-state index contributed by atoms with van der Waals surface area (Å²) < 4.78 is 5.57. The Bertz CT molecular complexity index is 439. The van der Waals surface area contributed by atoms with E-state index in [4.69, 9.17) is 4.74 Å². The number of fused-ring (bicyclic) bond motifs is 1. The van der Waals surface area contributed by atoms with E-state index in [1.807, 2.05) is 20.8 Å². The van der Waals surface area contributed by atoms with E-state index in [-0.39, 0.29) is 11.7 Å². The molecule has 1 heterocycles. The summed E-state index contributed by atoms with van der Waals surface area (Å²) in [5, 5.41) is 12.2. The van der Waals surface area contributed by atoms with E-state index in [0.717, 1.165) is 5.56 Å². The molecule has 17 heavy (non-hydrogen) atoms. The van der Waals surface area contributed by atoms with Gasteiger partial charge in [-0.1, -0.05) is 19.9 Å². The van der Waals surface area contributed by atoms with Crippen molar-refractivity contribution in [1.29, 1.82) is 0 Å². The van der Waals surface area contributed by atoms with E-state index in [0.29, 0.717) is 11.4 Å². The zero-order valence-electron chi connectivity index (χ0n) is 10.9. The third-order valence-corrected chi connectivity index (χ3v) is 2.48. The van der Waals surface area contributed by atoms with E-state index in [1.165, 1.54) is 6.07 Å².